The maximum atomic E-state index is 12.8. The average Bonchev–Trinajstić information content (AvgIpc) is 2.94. The number of ether oxygens (including phenoxy) is 1. The van der Waals surface area contributed by atoms with Crippen molar-refractivity contribution in [2.75, 3.05) is 26.2 Å². The first kappa shape index (κ1) is 21.4. The molecule has 8 heteroatoms. The molecule has 7 nitrogen and oxygen atoms in total. The van der Waals surface area contributed by atoms with Crippen molar-refractivity contribution in [1.29, 1.82) is 0 Å². The first-order valence-electron chi connectivity index (χ1n) is 9.34. The number of nitrogens with one attached hydrogen (secondary N) is 1. The van der Waals surface area contributed by atoms with Crippen LogP contribution < -0.4 is 5.32 Å². The SMILES string of the molecule is CC(C)CNC(=O)COC(=O)c1cccc(S(=O)(=O)N2CCCCCC2)c1. The fraction of sp³-hybridized carbons (Fsp3) is 0.579. The Labute approximate surface area is 161 Å². The van der Waals surface area contributed by atoms with E-state index in [-0.39, 0.29) is 16.4 Å². The van der Waals surface area contributed by atoms with E-state index in [2.05, 4.69) is 5.32 Å². The highest BCUT2D eigenvalue weighted by atomic mass is 32.2. The van der Waals surface area contributed by atoms with Gasteiger partial charge in [-0.25, -0.2) is 13.2 Å². The lowest BCUT2D eigenvalue weighted by Gasteiger charge is -2.20. The van der Waals surface area contributed by atoms with Crippen LogP contribution in [0.25, 0.3) is 0 Å². The van der Waals surface area contributed by atoms with E-state index in [4.69, 9.17) is 4.74 Å². The van der Waals surface area contributed by atoms with Crippen molar-refractivity contribution in [3.8, 4) is 0 Å². The van der Waals surface area contributed by atoms with Crippen LogP contribution >= 0.6 is 0 Å². The van der Waals surface area contributed by atoms with Crippen molar-refractivity contribution in [3.05, 3.63) is 29.8 Å². The summed E-state index contributed by atoms with van der Waals surface area (Å²) in [4.78, 5) is 23.9. The molecule has 0 aliphatic carbocycles. The smallest absolute Gasteiger partial charge is 0.338 e. The molecule has 1 aliphatic heterocycles. The largest absolute Gasteiger partial charge is 0.452 e. The van der Waals surface area contributed by atoms with Crippen LogP contribution in [-0.4, -0.2) is 50.8 Å². The number of hydrogen-bond donors (Lipinski definition) is 1. The summed E-state index contributed by atoms with van der Waals surface area (Å²) < 4.78 is 32.2. The molecule has 2 rings (SSSR count). The third-order valence-corrected chi connectivity index (χ3v) is 6.21. The van der Waals surface area contributed by atoms with Gasteiger partial charge in [0.25, 0.3) is 5.91 Å². The van der Waals surface area contributed by atoms with Crippen LogP contribution in [0.5, 0.6) is 0 Å². The van der Waals surface area contributed by atoms with E-state index in [9.17, 15) is 18.0 Å². The van der Waals surface area contributed by atoms with Gasteiger partial charge in [-0.3, -0.25) is 4.79 Å². The Kier molecular flexibility index (Phi) is 7.79. The van der Waals surface area contributed by atoms with Crippen molar-refractivity contribution in [2.24, 2.45) is 5.92 Å². The lowest BCUT2D eigenvalue weighted by molar-refractivity contribution is -0.124. The molecule has 1 heterocycles. The zero-order chi connectivity index (χ0) is 19.9. The average molecular weight is 397 g/mol. The normalized spacial score (nSPS) is 16.0. The van der Waals surface area contributed by atoms with Gasteiger partial charge < -0.3 is 10.1 Å². The number of nitrogens with zero attached hydrogens (tertiary/aromatic N) is 1. The predicted octanol–water partition coefficient (Wildman–Crippen LogP) is 2.18. The van der Waals surface area contributed by atoms with Gasteiger partial charge in [0.05, 0.1) is 10.5 Å². The van der Waals surface area contributed by atoms with Crippen LogP contribution in [0.2, 0.25) is 0 Å². The Balaban J connectivity index is 2.03. The summed E-state index contributed by atoms with van der Waals surface area (Å²) in [5, 5.41) is 2.65. The molecule has 27 heavy (non-hydrogen) atoms. The molecule has 0 bridgehead atoms. The fourth-order valence-corrected chi connectivity index (χ4v) is 4.36. The molecule has 1 saturated heterocycles. The first-order valence-corrected chi connectivity index (χ1v) is 10.8. The Morgan fingerprint density at radius 2 is 1.81 bits per heavy atom. The van der Waals surface area contributed by atoms with Gasteiger partial charge in [0.2, 0.25) is 10.0 Å². The van der Waals surface area contributed by atoms with Gasteiger partial charge in [0.15, 0.2) is 6.61 Å². The second kappa shape index (κ2) is 9.85. The Morgan fingerprint density at radius 3 is 2.44 bits per heavy atom. The zero-order valence-corrected chi connectivity index (χ0v) is 16.8. The molecule has 1 aromatic carbocycles. The standard InChI is InChI=1S/C19H28N2O5S/c1-15(2)13-20-18(22)14-26-19(23)16-8-7-9-17(12-16)27(24,25)21-10-5-3-4-6-11-21/h7-9,12,15H,3-6,10-11,13-14H2,1-2H3,(H,20,22). The second-order valence-electron chi connectivity index (χ2n) is 7.12. The highest BCUT2D eigenvalue weighted by Gasteiger charge is 2.26. The number of sulfonamides is 1. The van der Waals surface area contributed by atoms with Crippen molar-refractivity contribution < 1.29 is 22.7 Å². The van der Waals surface area contributed by atoms with Gasteiger partial charge in [-0.05, 0) is 37.0 Å². The summed E-state index contributed by atoms with van der Waals surface area (Å²) >= 11 is 0. The maximum absolute atomic E-state index is 12.8. The third-order valence-electron chi connectivity index (χ3n) is 4.31. The van der Waals surface area contributed by atoms with Crippen LogP contribution in [0.1, 0.15) is 49.9 Å². The quantitative estimate of drug-likeness (QED) is 0.713. The minimum Gasteiger partial charge on any atom is -0.452 e. The minimum absolute atomic E-state index is 0.0723. The highest BCUT2D eigenvalue weighted by Crippen LogP contribution is 2.21. The molecule has 0 radical (unpaired) electrons. The van der Waals surface area contributed by atoms with Crippen molar-refractivity contribution in [2.45, 2.75) is 44.4 Å². The number of rotatable bonds is 7. The van der Waals surface area contributed by atoms with E-state index in [0.29, 0.717) is 25.6 Å². The van der Waals surface area contributed by atoms with Gasteiger partial charge in [-0.15, -0.1) is 0 Å². The lowest BCUT2D eigenvalue weighted by Crippen LogP contribution is -2.32. The molecule has 0 atom stereocenters. The zero-order valence-electron chi connectivity index (χ0n) is 15.9. The molecule has 1 fully saturated rings. The van der Waals surface area contributed by atoms with Crippen molar-refractivity contribution >= 4 is 21.9 Å². The fourth-order valence-electron chi connectivity index (χ4n) is 2.80. The number of benzene rings is 1. The summed E-state index contributed by atoms with van der Waals surface area (Å²) in [5.41, 5.74) is 0.113. The highest BCUT2D eigenvalue weighted by molar-refractivity contribution is 7.89. The molecule has 0 aromatic heterocycles. The minimum atomic E-state index is -3.64. The van der Waals surface area contributed by atoms with E-state index >= 15 is 0 Å². The van der Waals surface area contributed by atoms with Crippen LogP contribution in [0.3, 0.4) is 0 Å². The molecule has 150 valence electrons. The van der Waals surface area contributed by atoms with E-state index < -0.39 is 22.6 Å². The van der Waals surface area contributed by atoms with Crippen LogP contribution in [0, 0.1) is 5.92 Å². The lowest BCUT2D eigenvalue weighted by atomic mass is 10.2. The topological polar surface area (TPSA) is 92.8 Å². The van der Waals surface area contributed by atoms with Crippen LogP contribution in [0.15, 0.2) is 29.2 Å². The van der Waals surface area contributed by atoms with E-state index in [1.807, 2.05) is 13.8 Å². The molecule has 1 aromatic rings. The van der Waals surface area contributed by atoms with Crippen molar-refractivity contribution in [1.82, 2.24) is 9.62 Å². The monoisotopic (exact) mass is 396 g/mol. The molecule has 0 saturated carbocycles. The molecule has 0 unspecified atom stereocenters. The maximum Gasteiger partial charge on any atom is 0.338 e. The number of esters is 1. The van der Waals surface area contributed by atoms with Gasteiger partial charge in [0.1, 0.15) is 0 Å². The Hall–Kier alpha value is -1.93. The second-order valence-corrected chi connectivity index (χ2v) is 9.06. The van der Waals surface area contributed by atoms with Crippen molar-refractivity contribution in [3.63, 3.8) is 0 Å². The van der Waals surface area contributed by atoms with Gasteiger partial charge in [-0.2, -0.15) is 4.31 Å². The van der Waals surface area contributed by atoms with Crippen LogP contribution in [0.4, 0.5) is 0 Å². The summed E-state index contributed by atoms with van der Waals surface area (Å²) in [5.74, 6) is -0.807. The Bertz CT molecular complexity index is 753. The summed E-state index contributed by atoms with van der Waals surface area (Å²) in [6.07, 6.45) is 3.73. The van der Waals surface area contributed by atoms with Crippen LogP contribution in [-0.2, 0) is 19.6 Å². The Morgan fingerprint density at radius 1 is 1.15 bits per heavy atom. The summed E-state index contributed by atoms with van der Waals surface area (Å²) in [7, 11) is -3.64. The number of carbonyl (C=O) groups excluding carboxylic acids is 2. The molecule has 1 amide bonds. The molecule has 0 spiro atoms. The molecular weight excluding hydrogens is 368 g/mol. The van der Waals surface area contributed by atoms with E-state index in [1.54, 1.807) is 0 Å². The number of amides is 1. The molecule has 1 aliphatic rings. The molecule has 1 N–H and O–H groups in total. The summed E-state index contributed by atoms with van der Waals surface area (Å²) in [6.45, 7) is 5.01. The first-order chi connectivity index (χ1) is 12.8. The van der Waals surface area contributed by atoms with Gasteiger partial charge >= 0.3 is 5.97 Å². The third kappa shape index (κ3) is 6.32. The van der Waals surface area contributed by atoms with E-state index in [0.717, 1.165) is 25.7 Å². The summed E-state index contributed by atoms with van der Waals surface area (Å²) in [6, 6.07) is 5.79. The predicted molar refractivity (Wildman–Crippen MR) is 102 cm³/mol. The van der Waals surface area contributed by atoms with E-state index in [1.165, 1.54) is 28.6 Å². The van der Waals surface area contributed by atoms with Gasteiger partial charge in [-0.1, -0.05) is 32.8 Å². The number of hydrogen-bond acceptors (Lipinski definition) is 5. The molecular formula is C19H28N2O5S. The number of carbonyl (C=O) groups is 2. The van der Waals surface area contributed by atoms with Gasteiger partial charge in [0, 0.05) is 19.6 Å².